The van der Waals surface area contributed by atoms with E-state index in [1.807, 2.05) is 12.2 Å². The van der Waals surface area contributed by atoms with Gasteiger partial charge in [0, 0.05) is 0 Å². The van der Waals surface area contributed by atoms with Crippen molar-refractivity contribution in [2.24, 2.45) is 0 Å². The Hall–Kier alpha value is -0.350. The maximum absolute atomic E-state index is 10.4. The summed E-state index contributed by atoms with van der Waals surface area (Å²) in [5.74, 6) is -0.166. The summed E-state index contributed by atoms with van der Waals surface area (Å²) in [6.07, 6.45) is 14.3. The molecule has 1 N–H and O–H groups in total. The van der Waals surface area contributed by atoms with Crippen LogP contribution in [0.2, 0.25) is 0 Å². The van der Waals surface area contributed by atoms with Crippen molar-refractivity contribution in [3.63, 3.8) is 0 Å². The second-order valence-corrected chi connectivity index (χ2v) is 6.03. The molecule has 0 saturated heterocycles. The highest BCUT2D eigenvalue weighted by atomic mass is 32.2. The SMILES string of the molecule is CCCCCCCCCC=CCCS(=O)(=O)O. The Labute approximate surface area is 106 Å². The maximum Gasteiger partial charge on any atom is 0.265 e. The lowest BCUT2D eigenvalue weighted by Crippen LogP contribution is -2.01. The van der Waals surface area contributed by atoms with E-state index in [1.165, 1.54) is 44.9 Å². The van der Waals surface area contributed by atoms with Gasteiger partial charge in [0.2, 0.25) is 0 Å². The lowest BCUT2D eigenvalue weighted by molar-refractivity contribution is 0.483. The standard InChI is InChI=1S/C13H26O3S/c1-2-3-4-5-6-7-8-9-10-11-12-13-17(14,15)16/h10-11H,2-9,12-13H2,1H3,(H,14,15,16). The average Bonchev–Trinajstić information content (AvgIpc) is 2.24. The van der Waals surface area contributed by atoms with Crippen molar-refractivity contribution in [1.82, 2.24) is 0 Å². The molecule has 3 nitrogen and oxygen atoms in total. The van der Waals surface area contributed by atoms with Crippen LogP contribution in [0.3, 0.4) is 0 Å². The van der Waals surface area contributed by atoms with Crippen LogP contribution in [0.4, 0.5) is 0 Å². The first-order chi connectivity index (χ1) is 8.06. The van der Waals surface area contributed by atoms with Gasteiger partial charge in [-0.15, -0.1) is 0 Å². The smallest absolute Gasteiger partial charge is 0.265 e. The zero-order valence-corrected chi connectivity index (χ0v) is 11.7. The second-order valence-electron chi connectivity index (χ2n) is 4.46. The van der Waals surface area contributed by atoms with E-state index < -0.39 is 10.1 Å². The van der Waals surface area contributed by atoms with Gasteiger partial charge in [-0.25, -0.2) is 0 Å². The number of hydrogen-bond acceptors (Lipinski definition) is 2. The van der Waals surface area contributed by atoms with Crippen LogP contribution in [0.25, 0.3) is 0 Å². The van der Waals surface area contributed by atoms with Crippen molar-refractivity contribution < 1.29 is 13.0 Å². The molecule has 102 valence electrons. The van der Waals surface area contributed by atoms with Crippen LogP contribution >= 0.6 is 0 Å². The molecule has 4 heteroatoms. The zero-order chi connectivity index (χ0) is 13.0. The number of allylic oxidation sites excluding steroid dienone is 2. The molecular formula is C13H26O3S. The molecule has 0 heterocycles. The first-order valence-corrected chi connectivity index (χ1v) is 8.27. The van der Waals surface area contributed by atoms with Gasteiger partial charge in [-0.05, 0) is 19.3 Å². The molecule has 0 atom stereocenters. The Bertz CT molecular complexity index is 281. The Morgan fingerprint density at radius 1 is 0.882 bits per heavy atom. The Morgan fingerprint density at radius 2 is 1.41 bits per heavy atom. The minimum Gasteiger partial charge on any atom is -0.286 e. The molecule has 0 amide bonds. The predicted molar refractivity (Wildman–Crippen MR) is 72.8 cm³/mol. The Morgan fingerprint density at radius 3 is 2.00 bits per heavy atom. The third-order valence-electron chi connectivity index (χ3n) is 2.68. The summed E-state index contributed by atoms with van der Waals surface area (Å²) in [6, 6.07) is 0. The summed E-state index contributed by atoms with van der Waals surface area (Å²) in [5, 5.41) is 0. The minimum absolute atomic E-state index is 0.166. The van der Waals surface area contributed by atoms with Gasteiger partial charge < -0.3 is 0 Å². The fourth-order valence-electron chi connectivity index (χ4n) is 1.67. The van der Waals surface area contributed by atoms with E-state index >= 15 is 0 Å². The van der Waals surface area contributed by atoms with E-state index in [2.05, 4.69) is 6.92 Å². The quantitative estimate of drug-likeness (QED) is 0.348. The molecule has 0 saturated carbocycles. The fourth-order valence-corrected chi connectivity index (χ4v) is 2.11. The summed E-state index contributed by atoms with van der Waals surface area (Å²) < 4.78 is 29.3. The Balaban J connectivity index is 3.20. The van der Waals surface area contributed by atoms with Gasteiger partial charge in [0.15, 0.2) is 0 Å². The van der Waals surface area contributed by atoms with Gasteiger partial charge in [0.05, 0.1) is 5.75 Å². The fraction of sp³-hybridized carbons (Fsp3) is 0.846. The van der Waals surface area contributed by atoms with Crippen molar-refractivity contribution in [3.8, 4) is 0 Å². The molecular weight excluding hydrogens is 236 g/mol. The maximum atomic E-state index is 10.4. The highest BCUT2D eigenvalue weighted by molar-refractivity contribution is 7.85. The van der Waals surface area contributed by atoms with Gasteiger partial charge in [-0.2, -0.15) is 8.42 Å². The van der Waals surface area contributed by atoms with Gasteiger partial charge in [-0.1, -0.05) is 57.6 Å². The van der Waals surface area contributed by atoms with E-state index in [1.54, 1.807) is 0 Å². The topological polar surface area (TPSA) is 54.4 Å². The lowest BCUT2D eigenvalue weighted by Gasteiger charge is -1.98. The number of unbranched alkanes of at least 4 members (excludes halogenated alkanes) is 7. The third-order valence-corrected chi connectivity index (χ3v) is 3.44. The normalized spacial score (nSPS) is 12.4. The predicted octanol–water partition coefficient (Wildman–Crippen LogP) is 3.96. The summed E-state index contributed by atoms with van der Waals surface area (Å²) in [6.45, 7) is 2.22. The van der Waals surface area contributed by atoms with Crippen LogP contribution in [0, 0.1) is 0 Å². The van der Waals surface area contributed by atoms with Crippen molar-refractivity contribution in [3.05, 3.63) is 12.2 Å². The van der Waals surface area contributed by atoms with Gasteiger partial charge >= 0.3 is 0 Å². The third kappa shape index (κ3) is 15.6. The van der Waals surface area contributed by atoms with E-state index in [0.29, 0.717) is 6.42 Å². The largest absolute Gasteiger partial charge is 0.286 e. The minimum atomic E-state index is -3.79. The molecule has 0 unspecified atom stereocenters. The molecule has 0 aromatic heterocycles. The van der Waals surface area contributed by atoms with E-state index in [-0.39, 0.29) is 5.75 Å². The van der Waals surface area contributed by atoms with Gasteiger partial charge in [0.1, 0.15) is 0 Å². The first-order valence-electron chi connectivity index (χ1n) is 6.66. The molecule has 0 aliphatic rings. The highest BCUT2D eigenvalue weighted by Gasteiger charge is 2.00. The molecule has 0 rings (SSSR count). The molecule has 17 heavy (non-hydrogen) atoms. The molecule has 0 bridgehead atoms. The van der Waals surface area contributed by atoms with Crippen molar-refractivity contribution in [2.45, 2.75) is 64.7 Å². The van der Waals surface area contributed by atoms with Crippen molar-refractivity contribution in [2.75, 3.05) is 5.75 Å². The highest BCUT2D eigenvalue weighted by Crippen LogP contribution is 2.08. The molecule has 0 aromatic carbocycles. The van der Waals surface area contributed by atoms with Crippen LogP contribution < -0.4 is 0 Å². The number of rotatable bonds is 11. The molecule has 0 spiro atoms. The molecule has 0 radical (unpaired) electrons. The average molecular weight is 262 g/mol. The van der Waals surface area contributed by atoms with Crippen LogP contribution in [0.5, 0.6) is 0 Å². The van der Waals surface area contributed by atoms with Crippen LogP contribution in [0.1, 0.15) is 64.7 Å². The molecule has 0 fully saturated rings. The van der Waals surface area contributed by atoms with Crippen molar-refractivity contribution >= 4 is 10.1 Å². The van der Waals surface area contributed by atoms with E-state index in [4.69, 9.17) is 4.55 Å². The summed E-state index contributed by atoms with van der Waals surface area (Å²) in [7, 11) is -3.79. The number of hydrogen-bond donors (Lipinski definition) is 1. The molecule has 0 aliphatic heterocycles. The van der Waals surface area contributed by atoms with Crippen LogP contribution in [-0.2, 0) is 10.1 Å². The summed E-state index contributed by atoms with van der Waals surface area (Å²) in [5.41, 5.74) is 0. The van der Waals surface area contributed by atoms with Gasteiger partial charge in [-0.3, -0.25) is 4.55 Å². The van der Waals surface area contributed by atoms with Gasteiger partial charge in [0.25, 0.3) is 10.1 Å². The summed E-state index contributed by atoms with van der Waals surface area (Å²) >= 11 is 0. The Kier molecular flexibility index (Phi) is 10.6. The lowest BCUT2D eigenvalue weighted by atomic mass is 10.1. The van der Waals surface area contributed by atoms with E-state index in [9.17, 15) is 8.42 Å². The molecule has 0 aliphatic carbocycles. The molecule has 0 aromatic rings. The van der Waals surface area contributed by atoms with E-state index in [0.717, 1.165) is 6.42 Å². The van der Waals surface area contributed by atoms with Crippen LogP contribution in [0.15, 0.2) is 12.2 Å². The zero-order valence-electron chi connectivity index (χ0n) is 10.9. The summed E-state index contributed by atoms with van der Waals surface area (Å²) in [4.78, 5) is 0. The first kappa shape index (κ1) is 16.6. The monoisotopic (exact) mass is 262 g/mol. The van der Waals surface area contributed by atoms with Crippen LogP contribution in [-0.4, -0.2) is 18.7 Å². The van der Waals surface area contributed by atoms with Crippen molar-refractivity contribution in [1.29, 1.82) is 0 Å². The second kappa shape index (κ2) is 10.8.